The first-order valence-corrected chi connectivity index (χ1v) is 9.78. The zero-order valence-electron chi connectivity index (χ0n) is 15.8. The van der Waals surface area contributed by atoms with Crippen molar-refractivity contribution in [1.82, 2.24) is 9.91 Å². The van der Waals surface area contributed by atoms with Gasteiger partial charge in [0, 0.05) is 30.4 Å². The second kappa shape index (κ2) is 7.85. The number of carbonyl (C=O) groups excluding carboxylic acids is 2. The minimum absolute atomic E-state index is 0.108. The van der Waals surface area contributed by atoms with Crippen LogP contribution in [-0.4, -0.2) is 55.1 Å². The number of urea groups is 1. The summed E-state index contributed by atoms with van der Waals surface area (Å²) in [4.78, 5) is 29.3. The highest BCUT2D eigenvalue weighted by Crippen LogP contribution is 2.29. The summed E-state index contributed by atoms with van der Waals surface area (Å²) >= 11 is 2.23. The van der Waals surface area contributed by atoms with E-state index in [1.807, 2.05) is 73.6 Å². The molecule has 0 radical (unpaired) electrons. The summed E-state index contributed by atoms with van der Waals surface area (Å²) in [5.74, 6) is -0.108. The number of hydrogen-bond acceptors (Lipinski definition) is 3. The Morgan fingerprint density at radius 1 is 1.04 bits per heavy atom. The van der Waals surface area contributed by atoms with Gasteiger partial charge in [0.2, 0.25) is 0 Å². The molecule has 0 saturated carbocycles. The zero-order valence-corrected chi connectivity index (χ0v) is 18.0. The Labute approximate surface area is 173 Å². The first kappa shape index (κ1) is 19.6. The number of para-hydroxylation sites is 1. The summed E-state index contributed by atoms with van der Waals surface area (Å²) in [5.41, 5.74) is 1.59. The summed E-state index contributed by atoms with van der Waals surface area (Å²) in [6, 6.07) is 16.3. The molecular weight excluding hydrogens is 455 g/mol. The van der Waals surface area contributed by atoms with Crippen molar-refractivity contribution in [3.05, 3.63) is 58.2 Å². The summed E-state index contributed by atoms with van der Waals surface area (Å²) in [6.45, 7) is 1.96. The van der Waals surface area contributed by atoms with Gasteiger partial charge in [-0.2, -0.15) is 0 Å². The van der Waals surface area contributed by atoms with Crippen molar-refractivity contribution in [1.29, 1.82) is 0 Å². The molecule has 1 aliphatic rings. The molecule has 1 fully saturated rings. The Kier molecular flexibility index (Phi) is 5.71. The van der Waals surface area contributed by atoms with Crippen molar-refractivity contribution in [3.8, 4) is 0 Å². The molecule has 6 nitrogen and oxygen atoms in total. The molecule has 3 amide bonds. The number of hydrazine groups is 1. The van der Waals surface area contributed by atoms with E-state index < -0.39 is 6.04 Å². The van der Waals surface area contributed by atoms with Crippen molar-refractivity contribution < 1.29 is 9.59 Å². The fraction of sp³-hybridized carbons (Fsp3) is 0.300. The van der Waals surface area contributed by atoms with Crippen molar-refractivity contribution in [2.75, 3.05) is 31.1 Å². The summed E-state index contributed by atoms with van der Waals surface area (Å²) < 4.78 is 1.10. The Balaban J connectivity index is 1.83. The summed E-state index contributed by atoms with van der Waals surface area (Å²) in [5, 5.41) is 3.53. The molecule has 2 aromatic carbocycles. The molecule has 2 unspecified atom stereocenters. The Morgan fingerprint density at radius 2 is 1.63 bits per heavy atom. The predicted octanol–water partition coefficient (Wildman–Crippen LogP) is 3.43. The van der Waals surface area contributed by atoms with E-state index in [2.05, 4.69) is 22.6 Å². The number of rotatable bonds is 3. The molecule has 0 N–H and O–H groups in total. The van der Waals surface area contributed by atoms with Gasteiger partial charge in [0.1, 0.15) is 6.04 Å². The lowest BCUT2D eigenvalue weighted by Gasteiger charge is -2.30. The molecule has 1 aliphatic heterocycles. The monoisotopic (exact) mass is 478 g/mol. The van der Waals surface area contributed by atoms with Crippen LogP contribution in [0, 0.1) is 3.57 Å². The van der Waals surface area contributed by atoms with E-state index >= 15 is 0 Å². The molecule has 27 heavy (non-hydrogen) atoms. The maximum absolute atomic E-state index is 13.1. The number of benzene rings is 2. The third-order valence-corrected chi connectivity index (χ3v) is 5.76. The number of amides is 3. The normalized spacial score (nSPS) is 20.0. The molecule has 1 saturated heterocycles. The second-order valence-corrected chi connectivity index (χ2v) is 7.92. The van der Waals surface area contributed by atoms with Crippen molar-refractivity contribution in [2.45, 2.75) is 19.0 Å². The van der Waals surface area contributed by atoms with Crippen LogP contribution in [0.2, 0.25) is 0 Å². The highest BCUT2D eigenvalue weighted by molar-refractivity contribution is 14.1. The highest BCUT2D eigenvalue weighted by Gasteiger charge is 2.47. The minimum atomic E-state index is -0.561. The van der Waals surface area contributed by atoms with Crippen LogP contribution >= 0.6 is 22.6 Å². The summed E-state index contributed by atoms with van der Waals surface area (Å²) in [7, 11) is 5.29. The van der Waals surface area contributed by atoms with Crippen molar-refractivity contribution in [3.63, 3.8) is 0 Å². The van der Waals surface area contributed by atoms with Gasteiger partial charge in [-0.3, -0.25) is 9.69 Å². The van der Waals surface area contributed by atoms with Gasteiger partial charge in [0.15, 0.2) is 0 Å². The lowest BCUT2D eigenvalue weighted by atomic mass is 10.1. The van der Waals surface area contributed by atoms with Crippen LogP contribution in [-0.2, 0) is 4.79 Å². The third-order valence-electron chi connectivity index (χ3n) is 5.04. The molecule has 2 aromatic rings. The van der Waals surface area contributed by atoms with Gasteiger partial charge in [-0.1, -0.05) is 18.2 Å². The van der Waals surface area contributed by atoms with E-state index in [9.17, 15) is 9.59 Å². The molecule has 3 rings (SSSR count). The first-order chi connectivity index (χ1) is 12.8. The van der Waals surface area contributed by atoms with E-state index in [4.69, 9.17) is 0 Å². The van der Waals surface area contributed by atoms with Gasteiger partial charge in [-0.25, -0.2) is 14.8 Å². The molecule has 2 atom stereocenters. The maximum Gasteiger partial charge on any atom is 0.324 e. The molecule has 7 heteroatoms. The van der Waals surface area contributed by atoms with E-state index in [1.165, 1.54) is 4.90 Å². The molecule has 142 valence electrons. The fourth-order valence-corrected chi connectivity index (χ4v) is 3.73. The number of hydrogen-bond donors (Lipinski definition) is 0. The number of anilines is 2. The molecule has 0 spiro atoms. The van der Waals surface area contributed by atoms with Crippen LogP contribution < -0.4 is 9.91 Å². The number of nitrogens with zero attached hydrogens (tertiary/aromatic N) is 4. The van der Waals surface area contributed by atoms with Crippen LogP contribution in [0.3, 0.4) is 0 Å². The smallest absolute Gasteiger partial charge is 0.314 e. The predicted molar refractivity (Wildman–Crippen MR) is 116 cm³/mol. The lowest BCUT2D eigenvalue weighted by Crippen LogP contribution is -2.51. The fourth-order valence-electron chi connectivity index (χ4n) is 3.37. The largest absolute Gasteiger partial charge is 0.324 e. The van der Waals surface area contributed by atoms with Gasteiger partial charge >= 0.3 is 6.03 Å². The molecular formula is C20H23IN4O2. The van der Waals surface area contributed by atoms with Crippen LogP contribution in [0.15, 0.2) is 54.6 Å². The average molecular weight is 478 g/mol. The van der Waals surface area contributed by atoms with Crippen LogP contribution in [0.1, 0.15) is 6.92 Å². The van der Waals surface area contributed by atoms with Gasteiger partial charge in [0.05, 0.1) is 11.7 Å². The van der Waals surface area contributed by atoms with E-state index in [0.29, 0.717) is 0 Å². The molecule has 0 aliphatic carbocycles. The van der Waals surface area contributed by atoms with Gasteiger partial charge < -0.3 is 4.90 Å². The highest BCUT2D eigenvalue weighted by atomic mass is 127. The SMILES string of the molecule is CC1C(N(C)C(=O)N(C)c2ccc(I)cc2)C(=O)N(c2ccccc2)N1C. The Bertz CT molecular complexity index is 828. The van der Waals surface area contributed by atoms with Crippen LogP contribution in [0.25, 0.3) is 0 Å². The maximum atomic E-state index is 13.1. The minimum Gasteiger partial charge on any atom is -0.314 e. The van der Waals surface area contributed by atoms with E-state index in [0.717, 1.165) is 14.9 Å². The third kappa shape index (κ3) is 3.66. The summed E-state index contributed by atoms with van der Waals surface area (Å²) in [6.07, 6.45) is 0. The molecule has 1 heterocycles. The second-order valence-electron chi connectivity index (χ2n) is 6.67. The van der Waals surface area contributed by atoms with Crippen LogP contribution in [0.4, 0.5) is 16.2 Å². The van der Waals surface area contributed by atoms with E-state index in [-0.39, 0.29) is 18.0 Å². The van der Waals surface area contributed by atoms with Gasteiger partial charge in [-0.05, 0) is 65.9 Å². The average Bonchev–Trinajstić information content (AvgIpc) is 2.90. The van der Waals surface area contributed by atoms with Crippen LogP contribution in [0.5, 0.6) is 0 Å². The van der Waals surface area contributed by atoms with Gasteiger partial charge in [-0.15, -0.1) is 0 Å². The Morgan fingerprint density at radius 3 is 2.22 bits per heavy atom. The quantitative estimate of drug-likeness (QED) is 0.636. The number of halogens is 1. The van der Waals surface area contributed by atoms with Crippen molar-refractivity contribution >= 4 is 45.9 Å². The van der Waals surface area contributed by atoms with E-state index in [1.54, 1.807) is 24.0 Å². The number of carbonyl (C=O) groups is 2. The topological polar surface area (TPSA) is 47.1 Å². The number of likely N-dealkylation sites (N-methyl/N-ethyl adjacent to an activating group) is 2. The zero-order chi connectivity index (χ0) is 19.7. The standard InChI is InChI=1S/C20H23IN4O2/c1-14-18(19(26)25(24(14)4)17-8-6-5-7-9-17)23(3)20(27)22(2)16-12-10-15(21)11-13-16/h5-14,18H,1-4H3. The first-order valence-electron chi connectivity index (χ1n) is 8.70. The Hall–Kier alpha value is -2.13. The van der Waals surface area contributed by atoms with Gasteiger partial charge in [0.25, 0.3) is 5.91 Å². The van der Waals surface area contributed by atoms with Crippen molar-refractivity contribution in [2.24, 2.45) is 0 Å². The molecule has 0 bridgehead atoms. The molecule has 0 aromatic heterocycles. The lowest BCUT2D eigenvalue weighted by molar-refractivity contribution is -0.121.